The zero-order valence-electron chi connectivity index (χ0n) is 9.28. The van der Waals surface area contributed by atoms with Crippen LogP contribution in [-0.4, -0.2) is 18.1 Å². The average molecular weight is 242 g/mol. The number of carbonyl (C=O) groups is 1. The molecule has 0 N–H and O–H groups in total. The van der Waals surface area contributed by atoms with E-state index >= 15 is 0 Å². The fourth-order valence-corrected chi connectivity index (χ4v) is 1.36. The van der Waals surface area contributed by atoms with Gasteiger partial charge in [0.2, 0.25) is 0 Å². The van der Waals surface area contributed by atoms with Gasteiger partial charge < -0.3 is 9.15 Å². The summed E-state index contributed by atoms with van der Waals surface area (Å²) >= 11 is 5.57. The molecule has 0 aliphatic heterocycles. The number of methoxy groups -OCH3 is 1. The van der Waals surface area contributed by atoms with Crippen LogP contribution in [0.15, 0.2) is 22.6 Å². The largest absolute Gasteiger partial charge is 0.465 e. The number of rotatable bonds is 1. The monoisotopic (exact) mass is 241 g/mol. The van der Waals surface area contributed by atoms with E-state index in [4.69, 9.17) is 16.0 Å². The molecule has 0 saturated carbocycles. The molecule has 1 aromatic heterocycles. The second-order valence-electron chi connectivity index (χ2n) is 2.61. The topological polar surface area (TPSA) is 52.3 Å². The van der Waals surface area contributed by atoms with Crippen LogP contribution in [0, 0.1) is 0 Å². The minimum atomic E-state index is -0.458. The number of para-hydroxylation sites is 1. The number of carbonyl (C=O) groups excluding carboxylic acids is 1. The summed E-state index contributed by atoms with van der Waals surface area (Å²) < 4.78 is 9.64. The third-order valence-corrected chi connectivity index (χ3v) is 1.96. The summed E-state index contributed by atoms with van der Waals surface area (Å²) in [4.78, 5) is 15.2. The van der Waals surface area contributed by atoms with Crippen molar-refractivity contribution < 1.29 is 13.9 Å². The van der Waals surface area contributed by atoms with E-state index in [1.165, 1.54) is 7.11 Å². The summed E-state index contributed by atoms with van der Waals surface area (Å²) in [6.45, 7) is 4.00. The Bertz CT molecular complexity index is 493. The first-order valence-electron chi connectivity index (χ1n) is 4.85. The normalized spacial score (nSPS) is 9.50. The SMILES string of the molecule is CC.COC(=O)c1cccc2oc(Cl)nc12. The molecule has 0 spiro atoms. The smallest absolute Gasteiger partial charge is 0.340 e. The second kappa shape index (κ2) is 5.51. The molecule has 0 aliphatic rings. The van der Waals surface area contributed by atoms with E-state index in [0.29, 0.717) is 16.7 Å². The van der Waals surface area contributed by atoms with Gasteiger partial charge in [-0.25, -0.2) is 4.79 Å². The molecule has 0 amide bonds. The maximum atomic E-state index is 11.3. The van der Waals surface area contributed by atoms with Crippen LogP contribution in [0.2, 0.25) is 5.35 Å². The van der Waals surface area contributed by atoms with Crippen molar-refractivity contribution in [2.75, 3.05) is 7.11 Å². The van der Waals surface area contributed by atoms with Gasteiger partial charge in [-0.2, -0.15) is 4.98 Å². The molecule has 0 aliphatic carbocycles. The second-order valence-corrected chi connectivity index (χ2v) is 2.93. The summed E-state index contributed by atoms with van der Waals surface area (Å²) in [5, 5.41) is 0.0105. The van der Waals surface area contributed by atoms with E-state index in [9.17, 15) is 4.79 Å². The molecule has 0 unspecified atom stereocenters. The van der Waals surface area contributed by atoms with Crippen LogP contribution in [0.1, 0.15) is 24.2 Å². The molecule has 86 valence electrons. The molecule has 1 heterocycles. The predicted molar refractivity (Wildman–Crippen MR) is 61.7 cm³/mol. The third kappa shape index (κ3) is 2.33. The number of fused-ring (bicyclic) bond motifs is 1. The number of benzene rings is 1. The van der Waals surface area contributed by atoms with Crippen molar-refractivity contribution >= 4 is 28.7 Å². The fraction of sp³-hybridized carbons (Fsp3) is 0.273. The Balaban J connectivity index is 0.000000606. The van der Waals surface area contributed by atoms with Crippen molar-refractivity contribution in [2.24, 2.45) is 0 Å². The highest BCUT2D eigenvalue weighted by Crippen LogP contribution is 2.22. The van der Waals surface area contributed by atoms with Crippen molar-refractivity contribution in [3.05, 3.63) is 29.1 Å². The molecule has 16 heavy (non-hydrogen) atoms. The van der Waals surface area contributed by atoms with E-state index in [1.807, 2.05) is 13.8 Å². The lowest BCUT2D eigenvalue weighted by Crippen LogP contribution is -2.01. The first kappa shape index (κ1) is 12.5. The summed E-state index contributed by atoms with van der Waals surface area (Å²) in [5.41, 5.74) is 1.24. The number of aromatic nitrogens is 1. The molecular weight excluding hydrogens is 230 g/mol. The highest BCUT2D eigenvalue weighted by molar-refractivity contribution is 6.28. The molecule has 0 atom stereocenters. The highest BCUT2D eigenvalue weighted by Gasteiger charge is 2.14. The molecule has 0 fully saturated rings. The van der Waals surface area contributed by atoms with Crippen LogP contribution in [0.4, 0.5) is 0 Å². The average Bonchev–Trinajstić information content (AvgIpc) is 2.70. The highest BCUT2D eigenvalue weighted by atomic mass is 35.5. The van der Waals surface area contributed by atoms with Crippen LogP contribution in [0.3, 0.4) is 0 Å². The molecule has 2 rings (SSSR count). The zero-order valence-corrected chi connectivity index (χ0v) is 10.0. The van der Waals surface area contributed by atoms with Crippen molar-refractivity contribution in [3.63, 3.8) is 0 Å². The lowest BCUT2D eigenvalue weighted by Gasteiger charge is -1.97. The molecule has 0 radical (unpaired) electrons. The van der Waals surface area contributed by atoms with Gasteiger partial charge in [0.15, 0.2) is 5.58 Å². The molecule has 1 aromatic carbocycles. The van der Waals surface area contributed by atoms with E-state index in [0.717, 1.165) is 0 Å². The Morgan fingerprint density at radius 2 is 2.12 bits per heavy atom. The molecule has 0 bridgehead atoms. The van der Waals surface area contributed by atoms with Gasteiger partial charge in [-0.15, -0.1) is 0 Å². The number of nitrogens with zero attached hydrogens (tertiary/aromatic N) is 1. The van der Waals surface area contributed by atoms with Crippen molar-refractivity contribution in [1.29, 1.82) is 0 Å². The Hall–Kier alpha value is -1.55. The quantitative estimate of drug-likeness (QED) is 0.719. The zero-order chi connectivity index (χ0) is 12.1. The van der Waals surface area contributed by atoms with Gasteiger partial charge in [0, 0.05) is 0 Å². The molecule has 0 saturated heterocycles. The van der Waals surface area contributed by atoms with Gasteiger partial charge in [-0.05, 0) is 23.7 Å². The lowest BCUT2D eigenvalue weighted by atomic mass is 10.2. The number of esters is 1. The van der Waals surface area contributed by atoms with Crippen LogP contribution < -0.4 is 0 Å². The van der Waals surface area contributed by atoms with Crippen LogP contribution in [0.5, 0.6) is 0 Å². The molecule has 4 nitrogen and oxygen atoms in total. The lowest BCUT2D eigenvalue weighted by molar-refractivity contribution is 0.0603. The predicted octanol–water partition coefficient (Wildman–Crippen LogP) is 3.29. The van der Waals surface area contributed by atoms with Gasteiger partial charge >= 0.3 is 5.97 Å². The Morgan fingerprint density at radius 3 is 2.75 bits per heavy atom. The number of halogens is 1. The van der Waals surface area contributed by atoms with Gasteiger partial charge in [0.05, 0.1) is 12.7 Å². The summed E-state index contributed by atoms with van der Waals surface area (Å²) in [5.74, 6) is -0.458. The summed E-state index contributed by atoms with van der Waals surface area (Å²) in [7, 11) is 1.31. The van der Waals surface area contributed by atoms with Gasteiger partial charge in [0.1, 0.15) is 5.52 Å². The van der Waals surface area contributed by atoms with Crippen molar-refractivity contribution in [3.8, 4) is 0 Å². The first-order valence-corrected chi connectivity index (χ1v) is 5.23. The standard InChI is InChI=1S/C9H6ClNO3.C2H6/c1-13-8(12)5-3-2-4-6-7(5)11-9(10)14-6;1-2/h2-4H,1H3;1-2H3. The minimum Gasteiger partial charge on any atom is -0.465 e. The summed E-state index contributed by atoms with van der Waals surface area (Å²) in [6, 6.07) is 4.96. The van der Waals surface area contributed by atoms with E-state index < -0.39 is 5.97 Å². The van der Waals surface area contributed by atoms with Gasteiger partial charge in [-0.1, -0.05) is 19.9 Å². The van der Waals surface area contributed by atoms with E-state index in [-0.39, 0.29) is 5.35 Å². The van der Waals surface area contributed by atoms with Crippen LogP contribution in [0.25, 0.3) is 11.1 Å². The van der Waals surface area contributed by atoms with Crippen molar-refractivity contribution in [1.82, 2.24) is 4.98 Å². The number of ether oxygens (including phenoxy) is 1. The van der Waals surface area contributed by atoms with Gasteiger partial charge in [-0.3, -0.25) is 0 Å². The minimum absolute atomic E-state index is 0.0105. The Labute approximate surface area is 98.2 Å². The number of hydrogen-bond acceptors (Lipinski definition) is 4. The Morgan fingerprint density at radius 1 is 1.44 bits per heavy atom. The van der Waals surface area contributed by atoms with Gasteiger partial charge in [0.25, 0.3) is 5.35 Å². The van der Waals surface area contributed by atoms with Crippen LogP contribution >= 0.6 is 11.6 Å². The summed E-state index contributed by atoms with van der Waals surface area (Å²) in [6.07, 6.45) is 0. The fourth-order valence-electron chi connectivity index (χ4n) is 1.20. The number of hydrogen-bond donors (Lipinski definition) is 0. The third-order valence-electron chi connectivity index (χ3n) is 1.80. The number of oxazole rings is 1. The maximum Gasteiger partial charge on any atom is 0.340 e. The van der Waals surface area contributed by atoms with Crippen molar-refractivity contribution in [2.45, 2.75) is 13.8 Å². The molecule has 5 heteroatoms. The molecular formula is C11H12ClNO3. The van der Waals surface area contributed by atoms with E-state index in [1.54, 1.807) is 18.2 Å². The molecule has 2 aromatic rings. The first-order chi connectivity index (χ1) is 7.72. The Kier molecular flexibility index (Phi) is 4.31. The van der Waals surface area contributed by atoms with E-state index in [2.05, 4.69) is 9.72 Å². The van der Waals surface area contributed by atoms with Crippen LogP contribution in [-0.2, 0) is 4.74 Å². The maximum absolute atomic E-state index is 11.3.